The molecule has 4 rings (SSSR count). The molecule has 11 nitrogen and oxygen atoms in total. The van der Waals surface area contributed by atoms with Crippen molar-refractivity contribution in [3.05, 3.63) is 30.4 Å². The van der Waals surface area contributed by atoms with Gasteiger partial charge in [-0.3, -0.25) is 9.36 Å². The van der Waals surface area contributed by atoms with Crippen LogP contribution in [0.15, 0.2) is 18.9 Å². The zero-order chi connectivity index (χ0) is 22.3. The van der Waals surface area contributed by atoms with Crippen LogP contribution in [0.4, 0.5) is 5.82 Å². The Hall–Kier alpha value is -3.49. The molecule has 0 saturated heterocycles. The van der Waals surface area contributed by atoms with Crippen molar-refractivity contribution in [3.8, 4) is 11.8 Å². The van der Waals surface area contributed by atoms with E-state index in [9.17, 15) is 15.0 Å². The molecule has 31 heavy (non-hydrogen) atoms. The Morgan fingerprint density at radius 2 is 2.03 bits per heavy atom. The summed E-state index contributed by atoms with van der Waals surface area (Å²) in [7, 11) is 5.03. The molecule has 1 amide bonds. The maximum atomic E-state index is 12.4. The molecule has 4 atom stereocenters. The van der Waals surface area contributed by atoms with Crippen LogP contribution in [0.25, 0.3) is 11.2 Å². The summed E-state index contributed by atoms with van der Waals surface area (Å²) in [6.07, 6.45) is 2.36. The number of anilines is 1. The Labute approximate surface area is 178 Å². The summed E-state index contributed by atoms with van der Waals surface area (Å²) < 4.78 is 3.11. The number of imidazole rings is 2. The number of aromatic nitrogens is 6. The maximum Gasteiger partial charge on any atom is 0.229 e. The highest BCUT2D eigenvalue weighted by atomic mass is 16.3. The summed E-state index contributed by atoms with van der Waals surface area (Å²) in [5.74, 6) is 6.13. The van der Waals surface area contributed by atoms with Crippen LogP contribution in [0.1, 0.15) is 31.1 Å². The van der Waals surface area contributed by atoms with E-state index in [0.717, 1.165) is 0 Å². The van der Waals surface area contributed by atoms with E-state index in [1.807, 2.05) is 14.0 Å². The number of nitrogens with zero attached hydrogens (tertiary/aromatic N) is 6. The lowest BCUT2D eigenvalue weighted by Crippen LogP contribution is -2.43. The van der Waals surface area contributed by atoms with Crippen LogP contribution in [0.3, 0.4) is 0 Å². The molecule has 1 fully saturated rings. The van der Waals surface area contributed by atoms with Crippen LogP contribution < -0.4 is 10.6 Å². The quantitative estimate of drug-likeness (QED) is 0.406. The molecule has 1 aliphatic rings. The maximum absolute atomic E-state index is 12.4. The molecule has 162 valence electrons. The van der Waals surface area contributed by atoms with Crippen molar-refractivity contribution < 1.29 is 15.0 Å². The largest absolute Gasteiger partial charge is 0.387 e. The van der Waals surface area contributed by atoms with Crippen LogP contribution in [-0.4, -0.2) is 65.4 Å². The van der Waals surface area contributed by atoms with Crippen LogP contribution in [0, 0.1) is 23.2 Å². The van der Waals surface area contributed by atoms with Gasteiger partial charge in [0, 0.05) is 21.1 Å². The fourth-order valence-corrected chi connectivity index (χ4v) is 3.90. The van der Waals surface area contributed by atoms with Gasteiger partial charge >= 0.3 is 0 Å². The Balaban J connectivity index is 1.75. The number of nitrogens with one attached hydrogen (secondary N) is 2. The molecule has 2 unspecified atom stereocenters. The van der Waals surface area contributed by atoms with Gasteiger partial charge in [0.05, 0.1) is 24.3 Å². The topological polar surface area (TPSA) is 143 Å². The third-order valence-electron chi connectivity index (χ3n) is 5.89. The number of hydrogen-bond acceptors (Lipinski definition) is 8. The minimum absolute atomic E-state index is 0.0605. The Kier molecular flexibility index (Phi) is 5.12. The van der Waals surface area contributed by atoms with Crippen molar-refractivity contribution in [2.75, 3.05) is 19.4 Å². The SMILES string of the molecule is CNC(=O)C1([C@@H](O)[C@@H](O)n2cnc3c(NC)nc(C#Cc4cncn4C)nc32)CC1C. The van der Waals surface area contributed by atoms with Crippen molar-refractivity contribution in [2.24, 2.45) is 18.4 Å². The van der Waals surface area contributed by atoms with Crippen LogP contribution in [0.2, 0.25) is 0 Å². The summed E-state index contributed by atoms with van der Waals surface area (Å²) in [4.78, 5) is 29.5. The summed E-state index contributed by atoms with van der Waals surface area (Å²) in [5, 5.41) is 27.4. The zero-order valence-electron chi connectivity index (χ0n) is 17.7. The molecule has 1 aliphatic carbocycles. The summed E-state index contributed by atoms with van der Waals surface area (Å²) in [5.41, 5.74) is 0.346. The molecule has 0 spiro atoms. The first-order valence-corrected chi connectivity index (χ1v) is 9.82. The third kappa shape index (κ3) is 3.30. The molecule has 0 radical (unpaired) electrons. The van der Waals surface area contributed by atoms with Gasteiger partial charge in [-0.05, 0) is 24.2 Å². The standard InChI is InChI=1S/C20H24N8O3/c1-11-7-20(11,19(31)22-3)15(29)18(30)28-10-24-14-16(21-2)25-13(26-17(14)28)6-5-12-8-23-9-27(12)4/h8-11,15,18,29-30H,7H2,1-4H3,(H,22,31)(H,21,25,26)/t11?,15-,18+,20?/m0/s1. The summed E-state index contributed by atoms with van der Waals surface area (Å²) >= 11 is 0. The predicted molar refractivity (Wildman–Crippen MR) is 112 cm³/mol. The third-order valence-corrected chi connectivity index (χ3v) is 5.89. The average Bonchev–Trinajstić information content (AvgIpc) is 3.08. The Bertz CT molecular complexity index is 1210. The second-order valence-corrected chi connectivity index (χ2v) is 7.69. The smallest absolute Gasteiger partial charge is 0.229 e. The first-order valence-electron chi connectivity index (χ1n) is 9.82. The lowest BCUT2D eigenvalue weighted by molar-refractivity contribution is -0.139. The second kappa shape index (κ2) is 7.64. The number of hydrogen-bond donors (Lipinski definition) is 4. The Morgan fingerprint density at radius 1 is 1.29 bits per heavy atom. The summed E-state index contributed by atoms with van der Waals surface area (Å²) in [6.45, 7) is 1.87. The normalized spacial score (nSPS) is 21.8. The van der Waals surface area contributed by atoms with Crippen LogP contribution in [-0.2, 0) is 11.8 Å². The van der Waals surface area contributed by atoms with E-state index in [1.54, 1.807) is 24.1 Å². The number of aliphatic hydroxyl groups excluding tert-OH is 2. The van der Waals surface area contributed by atoms with Gasteiger partial charge in [-0.2, -0.15) is 0 Å². The first-order chi connectivity index (χ1) is 14.8. The van der Waals surface area contributed by atoms with E-state index in [1.165, 1.54) is 17.9 Å². The molecule has 3 heterocycles. The first kappa shape index (κ1) is 20.8. The number of aliphatic hydroxyl groups is 2. The highest BCUT2D eigenvalue weighted by molar-refractivity contribution is 5.87. The number of fused-ring (bicyclic) bond motifs is 1. The van der Waals surface area contributed by atoms with Gasteiger partial charge in [0.15, 0.2) is 23.2 Å². The molecule has 3 aromatic rings. The van der Waals surface area contributed by atoms with Crippen molar-refractivity contribution in [2.45, 2.75) is 25.7 Å². The van der Waals surface area contributed by atoms with E-state index in [2.05, 4.69) is 42.4 Å². The van der Waals surface area contributed by atoms with Gasteiger partial charge in [0.2, 0.25) is 11.7 Å². The van der Waals surface area contributed by atoms with Crippen LogP contribution in [0.5, 0.6) is 0 Å². The molecule has 1 saturated carbocycles. The van der Waals surface area contributed by atoms with Gasteiger partial charge < -0.3 is 25.4 Å². The van der Waals surface area contributed by atoms with Gasteiger partial charge in [0.1, 0.15) is 11.8 Å². The number of rotatable bonds is 5. The Morgan fingerprint density at radius 3 is 2.61 bits per heavy atom. The van der Waals surface area contributed by atoms with Crippen molar-refractivity contribution >= 4 is 22.9 Å². The van der Waals surface area contributed by atoms with E-state index in [4.69, 9.17) is 0 Å². The van der Waals surface area contributed by atoms with E-state index in [0.29, 0.717) is 29.1 Å². The lowest BCUT2D eigenvalue weighted by atomic mass is 9.93. The zero-order valence-corrected chi connectivity index (χ0v) is 17.7. The molecular weight excluding hydrogens is 400 g/mol. The highest BCUT2D eigenvalue weighted by Crippen LogP contribution is 2.57. The number of carbonyl (C=O) groups is 1. The fraction of sp³-hybridized carbons (Fsp3) is 0.450. The fourth-order valence-electron chi connectivity index (χ4n) is 3.90. The van der Waals surface area contributed by atoms with Crippen molar-refractivity contribution in [1.29, 1.82) is 0 Å². The van der Waals surface area contributed by atoms with Crippen molar-refractivity contribution in [1.82, 2.24) is 34.4 Å². The summed E-state index contributed by atoms with van der Waals surface area (Å²) in [6, 6.07) is 0. The molecule has 0 aliphatic heterocycles. The molecule has 0 aromatic carbocycles. The minimum Gasteiger partial charge on any atom is -0.387 e. The van der Waals surface area contributed by atoms with Gasteiger partial charge in [-0.15, -0.1) is 0 Å². The van der Waals surface area contributed by atoms with E-state index in [-0.39, 0.29) is 17.6 Å². The van der Waals surface area contributed by atoms with Crippen molar-refractivity contribution in [3.63, 3.8) is 0 Å². The second-order valence-electron chi connectivity index (χ2n) is 7.69. The van der Waals surface area contributed by atoms with Crippen LogP contribution >= 0.6 is 0 Å². The molecule has 3 aromatic heterocycles. The van der Waals surface area contributed by atoms with Gasteiger partial charge in [-0.1, -0.05) is 6.92 Å². The number of carbonyl (C=O) groups excluding carboxylic acids is 1. The monoisotopic (exact) mass is 424 g/mol. The predicted octanol–water partition coefficient (Wildman–Crippen LogP) is -0.375. The molecule has 11 heteroatoms. The average molecular weight is 424 g/mol. The molecular formula is C20H24N8O3. The lowest BCUT2D eigenvalue weighted by Gasteiger charge is -2.27. The van der Waals surface area contributed by atoms with E-state index >= 15 is 0 Å². The highest BCUT2D eigenvalue weighted by Gasteiger charge is 2.63. The number of aryl methyl sites for hydroxylation is 1. The number of amides is 1. The van der Waals surface area contributed by atoms with Gasteiger partial charge in [-0.25, -0.2) is 19.9 Å². The molecule has 0 bridgehead atoms. The molecule has 4 N–H and O–H groups in total. The van der Waals surface area contributed by atoms with E-state index < -0.39 is 17.7 Å². The van der Waals surface area contributed by atoms with Gasteiger partial charge in [0.25, 0.3) is 0 Å². The minimum atomic E-state index is -1.43.